The number of rotatable bonds is 18. The predicted molar refractivity (Wildman–Crippen MR) is 111 cm³/mol. The molecular weight excluding hydrogens is 392 g/mol. The van der Waals surface area contributed by atoms with Crippen LogP contribution >= 0.6 is 0 Å². The standard InChI is InChI=1S/C22H38O8/c1-4-28-20(25)17(19(23)24)15-13-11-9-7-8-10-12-14-16-18(21(26)29-5-2)22(27)30-6-3/h17-18H,4-16H2,1-3H3,(H,23,24). The molecule has 30 heavy (non-hydrogen) atoms. The zero-order valence-electron chi connectivity index (χ0n) is 18.7. The maximum atomic E-state index is 11.9. The number of unbranched alkanes of at least 4 members (excludes halogenated alkanes) is 7. The van der Waals surface area contributed by atoms with Crippen molar-refractivity contribution in [2.75, 3.05) is 19.8 Å². The first-order chi connectivity index (χ1) is 14.4. The molecule has 0 aromatic heterocycles. The minimum Gasteiger partial charge on any atom is -0.481 e. The van der Waals surface area contributed by atoms with Crippen LogP contribution in [-0.2, 0) is 33.4 Å². The van der Waals surface area contributed by atoms with E-state index in [0.717, 1.165) is 44.9 Å². The van der Waals surface area contributed by atoms with Gasteiger partial charge in [-0.05, 0) is 33.6 Å². The van der Waals surface area contributed by atoms with Crippen LogP contribution in [0.2, 0.25) is 0 Å². The van der Waals surface area contributed by atoms with Crippen molar-refractivity contribution in [2.45, 2.75) is 85.0 Å². The van der Waals surface area contributed by atoms with Crippen LogP contribution in [0.1, 0.15) is 85.0 Å². The molecular formula is C22H38O8. The molecule has 8 heteroatoms. The van der Waals surface area contributed by atoms with E-state index in [1.54, 1.807) is 20.8 Å². The normalized spacial score (nSPS) is 11.7. The Balaban J connectivity index is 3.92. The van der Waals surface area contributed by atoms with Crippen molar-refractivity contribution in [2.24, 2.45) is 11.8 Å². The number of hydrogen-bond donors (Lipinski definition) is 1. The van der Waals surface area contributed by atoms with Crippen molar-refractivity contribution in [3.05, 3.63) is 0 Å². The molecule has 0 fully saturated rings. The average molecular weight is 431 g/mol. The topological polar surface area (TPSA) is 116 Å². The predicted octanol–water partition coefficient (Wildman–Crippen LogP) is 3.89. The molecule has 0 saturated heterocycles. The molecule has 8 nitrogen and oxygen atoms in total. The van der Waals surface area contributed by atoms with Gasteiger partial charge < -0.3 is 19.3 Å². The van der Waals surface area contributed by atoms with Crippen molar-refractivity contribution >= 4 is 23.9 Å². The maximum Gasteiger partial charge on any atom is 0.320 e. The number of carbonyl (C=O) groups excluding carboxylic acids is 3. The average Bonchev–Trinajstić information content (AvgIpc) is 2.69. The van der Waals surface area contributed by atoms with E-state index in [0.29, 0.717) is 19.3 Å². The van der Waals surface area contributed by atoms with Gasteiger partial charge in [0, 0.05) is 0 Å². The van der Waals surface area contributed by atoms with Gasteiger partial charge in [0.25, 0.3) is 0 Å². The first kappa shape index (κ1) is 27.9. The minimum atomic E-state index is -1.13. The van der Waals surface area contributed by atoms with Crippen LogP contribution < -0.4 is 0 Å². The van der Waals surface area contributed by atoms with Gasteiger partial charge in [-0.2, -0.15) is 0 Å². The first-order valence-corrected chi connectivity index (χ1v) is 11.1. The van der Waals surface area contributed by atoms with E-state index in [4.69, 9.17) is 19.3 Å². The second-order valence-corrected chi connectivity index (χ2v) is 7.11. The number of ether oxygens (including phenoxy) is 3. The molecule has 0 aromatic carbocycles. The summed E-state index contributed by atoms with van der Waals surface area (Å²) in [5.74, 6) is -4.73. The van der Waals surface area contributed by atoms with Crippen LogP contribution in [0, 0.1) is 11.8 Å². The van der Waals surface area contributed by atoms with Gasteiger partial charge >= 0.3 is 23.9 Å². The molecule has 0 radical (unpaired) electrons. The van der Waals surface area contributed by atoms with E-state index in [1.165, 1.54) is 0 Å². The third-order valence-electron chi connectivity index (χ3n) is 4.75. The smallest absolute Gasteiger partial charge is 0.320 e. The van der Waals surface area contributed by atoms with Crippen molar-refractivity contribution in [3.63, 3.8) is 0 Å². The Labute approximate surface area is 179 Å². The molecule has 0 saturated carbocycles. The summed E-state index contributed by atoms with van der Waals surface area (Å²) in [7, 11) is 0. The highest BCUT2D eigenvalue weighted by Gasteiger charge is 2.29. The van der Waals surface area contributed by atoms with Crippen molar-refractivity contribution in [1.82, 2.24) is 0 Å². The fraction of sp³-hybridized carbons (Fsp3) is 0.818. The van der Waals surface area contributed by atoms with Gasteiger partial charge in [-0.25, -0.2) is 0 Å². The third kappa shape index (κ3) is 12.4. The number of esters is 3. The fourth-order valence-electron chi connectivity index (χ4n) is 3.16. The van der Waals surface area contributed by atoms with Gasteiger partial charge in [-0.1, -0.05) is 51.4 Å². The van der Waals surface area contributed by atoms with E-state index in [9.17, 15) is 19.2 Å². The summed E-state index contributed by atoms with van der Waals surface area (Å²) in [6.07, 6.45) is 7.98. The van der Waals surface area contributed by atoms with Gasteiger partial charge in [0.1, 0.15) is 0 Å². The molecule has 0 aliphatic rings. The summed E-state index contributed by atoms with van der Waals surface area (Å²) >= 11 is 0. The van der Waals surface area contributed by atoms with E-state index < -0.39 is 35.7 Å². The van der Waals surface area contributed by atoms with Crippen LogP contribution in [0.4, 0.5) is 0 Å². The summed E-state index contributed by atoms with van der Waals surface area (Å²) in [6.45, 7) is 5.73. The lowest BCUT2D eigenvalue weighted by atomic mass is 9.98. The lowest BCUT2D eigenvalue weighted by Gasteiger charge is -2.14. The molecule has 1 N–H and O–H groups in total. The molecule has 1 atom stereocenters. The summed E-state index contributed by atoms with van der Waals surface area (Å²) in [4.78, 5) is 46.5. The summed E-state index contributed by atoms with van der Waals surface area (Å²) in [5, 5.41) is 9.10. The Morgan fingerprint density at radius 1 is 0.567 bits per heavy atom. The Hall–Kier alpha value is -2.12. The van der Waals surface area contributed by atoms with E-state index >= 15 is 0 Å². The zero-order chi connectivity index (χ0) is 22.8. The number of carbonyl (C=O) groups is 4. The molecule has 0 aliphatic carbocycles. The third-order valence-corrected chi connectivity index (χ3v) is 4.75. The molecule has 1 unspecified atom stereocenters. The minimum absolute atomic E-state index is 0.183. The number of carboxylic acid groups (broad SMARTS) is 1. The Morgan fingerprint density at radius 2 is 0.867 bits per heavy atom. The highest BCUT2D eigenvalue weighted by atomic mass is 16.6. The van der Waals surface area contributed by atoms with E-state index in [1.807, 2.05) is 0 Å². The molecule has 0 aromatic rings. The summed E-state index contributed by atoms with van der Waals surface area (Å²) in [5.41, 5.74) is 0. The molecule has 0 rings (SSSR count). The van der Waals surface area contributed by atoms with Gasteiger partial charge in [0.2, 0.25) is 0 Å². The van der Waals surface area contributed by atoms with Crippen molar-refractivity contribution < 1.29 is 38.5 Å². The van der Waals surface area contributed by atoms with Gasteiger partial charge in [0.15, 0.2) is 11.8 Å². The number of aliphatic carboxylic acids is 1. The molecule has 0 aliphatic heterocycles. The molecule has 0 spiro atoms. The maximum absolute atomic E-state index is 11.9. The molecule has 0 bridgehead atoms. The van der Waals surface area contributed by atoms with Crippen LogP contribution in [0.3, 0.4) is 0 Å². The van der Waals surface area contributed by atoms with E-state index in [2.05, 4.69) is 0 Å². The van der Waals surface area contributed by atoms with Crippen LogP contribution in [-0.4, -0.2) is 48.8 Å². The molecule has 0 heterocycles. The number of hydrogen-bond acceptors (Lipinski definition) is 7. The van der Waals surface area contributed by atoms with Gasteiger partial charge in [-0.15, -0.1) is 0 Å². The largest absolute Gasteiger partial charge is 0.481 e. The van der Waals surface area contributed by atoms with Crippen LogP contribution in [0.15, 0.2) is 0 Å². The Bertz CT molecular complexity index is 499. The number of carboxylic acids is 1. The van der Waals surface area contributed by atoms with Crippen LogP contribution in [0.25, 0.3) is 0 Å². The fourth-order valence-corrected chi connectivity index (χ4v) is 3.16. The second-order valence-electron chi connectivity index (χ2n) is 7.11. The Morgan fingerprint density at radius 3 is 1.20 bits per heavy atom. The SMILES string of the molecule is CCOC(=O)C(CCCCCCCCCCC(C(=O)OCC)C(=O)OCC)C(=O)O. The molecule has 0 amide bonds. The summed E-state index contributed by atoms with van der Waals surface area (Å²) in [6, 6.07) is 0. The van der Waals surface area contributed by atoms with E-state index in [-0.39, 0.29) is 19.8 Å². The molecule has 174 valence electrons. The zero-order valence-corrected chi connectivity index (χ0v) is 18.7. The monoisotopic (exact) mass is 430 g/mol. The van der Waals surface area contributed by atoms with Crippen LogP contribution in [0.5, 0.6) is 0 Å². The second kappa shape index (κ2) is 17.7. The lowest BCUT2D eigenvalue weighted by molar-refractivity contribution is -0.162. The summed E-state index contributed by atoms with van der Waals surface area (Å²) < 4.78 is 14.7. The highest BCUT2D eigenvalue weighted by molar-refractivity contribution is 5.95. The van der Waals surface area contributed by atoms with Gasteiger partial charge in [0.05, 0.1) is 19.8 Å². The quantitative estimate of drug-likeness (QED) is 0.151. The van der Waals surface area contributed by atoms with Crippen molar-refractivity contribution in [1.29, 1.82) is 0 Å². The van der Waals surface area contributed by atoms with Gasteiger partial charge in [-0.3, -0.25) is 19.2 Å². The lowest BCUT2D eigenvalue weighted by Crippen LogP contribution is -2.28. The first-order valence-electron chi connectivity index (χ1n) is 11.1. The highest BCUT2D eigenvalue weighted by Crippen LogP contribution is 2.17. The Kier molecular flexibility index (Phi) is 16.5. The van der Waals surface area contributed by atoms with Crippen molar-refractivity contribution in [3.8, 4) is 0 Å².